The fraction of sp³-hybridized carbons (Fsp3) is 0.364. The highest BCUT2D eigenvalue weighted by Gasteiger charge is 2.13. The van der Waals surface area contributed by atoms with E-state index in [1.54, 1.807) is 0 Å². The molecule has 0 spiro atoms. The molecule has 6 nitrogen and oxygen atoms in total. The lowest BCUT2D eigenvalue weighted by molar-refractivity contribution is -0.158. The first kappa shape index (κ1) is 14.9. The molecule has 0 amide bonds. The van der Waals surface area contributed by atoms with Gasteiger partial charge in [0.25, 0.3) is 0 Å². The van der Waals surface area contributed by atoms with Crippen LogP contribution >= 0.6 is 0 Å². The fourth-order valence-corrected chi connectivity index (χ4v) is 0.660. The number of ether oxygens (including phenoxy) is 2. The van der Waals surface area contributed by atoms with E-state index in [9.17, 15) is 14.4 Å². The van der Waals surface area contributed by atoms with Crippen molar-refractivity contribution in [3.8, 4) is 0 Å². The van der Waals surface area contributed by atoms with Crippen molar-refractivity contribution in [1.82, 2.24) is 0 Å². The molecule has 0 unspecified atom stereocenters. The first-order chi connectivity index (χ1) is 7.88. The summed E-state index contributed by atoms with van der Waals surface area (Å²) in [6, 6.07) is 0. The summed E-state index contributed by atoms with van der Waals surface area (Å²) in [6.07, 6.45) is 0.882. The van der Waals surface area contributed by atoms with Crippen molar-refractivity contribution in [2.45, 2.75) is 20.3 Å². The molecule has 6 heteroatoms. The van der Waals surface area contributed by atoms with Crippen molar-refractivity contribution in [2.75, 3.05) is 6.61 Å². The van der Waals surface area contributed by atoms with Crippen LogP contribution in [-0.4, -0.2) is 29.6 Å². The number of hydrogen-bond acceptors (Lipinski definition) is 6. The normalized spacial score (nSPS) is 10.6. The highest BCUT2D eigenvalue weighted by molar-refractivity contribution is 5.95. The fourth-order valence-electron chi connectivity index (χ4n) is 0.660. The van der Waals surface area contributed by atoms with Gasteiger partial charge in [-0.3, -0.25) is 4.79 Å². The smallest absolute Gasteiger partial charge is 0.373 e. The second-order valence-electron chi connectivity index (χ2n) is 3.10. The molecule has 0 aliphatic heterocycles. The number of aliphatic hydroxyl groups excluding tert-OH is 1. The molecule has 94 valence electrons. The van der Waals surface area contributed by atoms with E-state index in [1.807, 2.05) is 0 Å². The van der Waals surface area contributed by atoms with Crippen LogP contribution in [0, 0.1) is 0 Å². The zero-order chi connectivity index (χ0) is 13.4. The Bertz CT molecular complexity index is 366. The first-order valence-electron chi connectivity index (χ1n) is 4.81. The molecule has 0 saturated heterocycles. The van der Waals surface area contributed by atoms with Crippen LogP contribution < -0.4 is 0 Å². The van der Waals surface area contributed by atoms with E-state index in [0.29, 0.717) is 0 Å². The second kappa shape index (κ2) is 7.21. The standard InChI is InChI=1S/C11H14O6/c1-4-8(12)11(15)16-6-5-9(13)17-10(14)7(2)3/h4,12H,2,5-6H2,1,3H3. The van der Waals surface area contributed by atoms with Gasteiger partial charge in [-0.2, -0.15) is 0 Å². The summed E-state index contributed by atoms with van der Waals surface area (Å²) in [5, 5.41) is 8.91. The molecule has 0 aromatic rings. The molecular formula is C11H14O6. The number of carbonyl (C=O) groups is 3. The maximum absolute atomic E-state index is 11.0. The topological polar surface area (TPSA) is 89.9 Å². The van der Waals surface area contributed by atoms with Gasteiger partial charge in [-0.05, 0) is 19.9 Å². The molecule has 0 aromatic heterocycles. The van der Waals surface area contributed by atoms with Crippen molar-refractivity contribution >= 4 is 17.9 Å². The van der Waals surface area contributed by atoms with Crippen LogP contribution in [0.4, 0.5) is 0 Å². The van der Waals surface area contributed by atoms with Gasteiger partial charge >= 0.3 is 17.9 Å². The Labute approximate surface area is 98.5 Å². The summed E-state index contributed by atoms with van der Waals surface area (Å²) in [7, 11) is 0. The summed E-state index contributed by atoms with van der Waals surface area (Å²) in [5.41, 5.74) is 0.0990. The Balaban J connectivity index is 3.91. The highest BCUT2D eigenvalue weighted by Crippen LogP contribution is 1.98. The molecule has 0 aliphatic carbocycles. The van der Waals surface area contributed by atoms with Crippen LogP contribution in [0.5, 0.6) is 0 Å². The summed E-state index contributed by atoms with van der Waals surface area (Å²) >= 11 is 0. The van der Waals surface area contributed by atoms with Gasteiger partial charge in [0.15, 0.2) is 5.76 Å². The SMILES string of the molecule is C=C(C)C(=O)OC(=O)CCOC(=O)C(O)=CC. The van der Waals surface area contributed by atoms with Crippen molar-refractivity contribution in [2.24, 2.45) is 0 Å². The Morgan fingerprint density at radius 2 is 1.88 bits per heavy atom. The lowest BCUT2D eigenvalue weighted by Gasteiger charge is -2.04. The monoisotopic (exact) mass is 242 g/mol. The Morgan fingerprint density at radius 3 is 2.35 bits per heavy atom. The summed E-state index contributed by atoms with van der Waals surface area (Å²) in [4.78, 5) is 32.8. The van der Waals surface area contributed by atoms with Gasteiger partial charge in [0, 0.05) is 5.57 Å². The molecule has 0 aromatic carbocycles. The highest BCUT2D eigenvalue weighted by atomic mass is 16.6. The molecule has 0 rings (SSSR count). The number of hydrogen-bond donors (Lipinski definition) is 1. The van der Waals surface area contributed by atoms with Crippen LogP contribution in [-0.2, 0) is 23.9 Å². The van der Waals surface area contributed by atoms with Gasteiger partial charge in [-0.15, -0.1) is 0 Å². The molecule has 0 radical (unpaired) electrons. The molecule has 0 aliphatic rings. The number of allylic oxidation sites excluding steroid dienone is 1. The number of carbonyl (C=O) groups excluding carboxylic acids is 3. The third kappa shape index (κ3) is 6.14. The molecule has 0 heterocycles. The van der Waals surface area contributed by atoms with Crippen molar-refractivity contribution < 1.29 is 29.0 Å². The van der Waals surface area contributed by atoms with Crippen LogP contribution in [0.25, 0.3) is 0 Å². The first-order valence-corrected chi connectivity index (χ1v) is 4.81. The van der Waals surface area contributed by atoms with Crippen LogP contribution in [0.3, 0.4) is 0 Å². The van der Waals surface area contributed by atoms with Crippen LogP contribution in [0.15, 0.2) is 24.0 Å². The van der Waals surface area contributed by atoms with Gasteiger partial charge in [0.05, 0.1) is 6.42 Å². The Hall–Kier alpha value is -2.11. The van der Waals surface area contributed by atoms with Gasteiger partial charge < -0.3 is 14.6 Å². The van der Waals surface area contributed by atoms with Crippen LogP contribution in [0.1, 0.15) is 20.3 Å². The number of rotatable bonds is 5. The number of esters is 3. The summed E-state index contributed by atoms with van der Waals surface area (Å²) < 4.78 is 8.85. The third-order valence-corrected chi connectivity index (χ3v) is 1.58. The van der Waals surface area contributed by atoms with Gasteiger partial charge in [-0.1, -0.05) is 6.58 Å². The average Bonchev–Trinajstić information content (AvgIpc) is 2.27. The minimum absolute atomic E-state index is 0.0990. The van der Waals surface area contributed by atoms with Gasteiger partial charge in [-0.25, -0.2) is 9.59 Å². The van der Waals surface area contributed by atoms with Crippen molar-refractivity contribution in [3.05, 3.63) is 24.0 Å². The van der Waals surface area contributed by atoms with E-state index in [0.717, 1.165) is 6.08 Å². The van der Waals surface area contributed by atoms with Gasteiger partial charge in [0.2, 0.25) is 0 Å². The minimum Gasteiger partial charge on any atom is -0.502 e. The summed E-state index contributed by atoms with van der Waals surface area (Å²) in [6.45, 7) is 5.88. The quantitative estimate of drug-likeness (QED) is 0.335. The third-order valence-electron chi connectivity index (χ3n) is 1.58. The number of aliphatic hydroxyl groups is 1. The zero-order valence-corrected chi connectivity index (χ0v) is 9.69. The van der Waals surface area contributed by atoms with E-state index >= 15 is 0 Å². The van der Waals surface area contributed by atoms with Gasteiger partial charge in [0.1, 0.15) is 6.61 Å². The Morgan fingerprint density at radius 1 is 1.29 bits per heavy atom. The van der Waals surface area contributed by atoms with E-state index in [1.165, 1.54) is 13.8 Å². The largest absolute Gasteiger partial charge is 0.502 e. The molecule has 0 bridgehead atoms. The molecule has 0 fully saturated rings. The minimum atomic E-state index is -0.938. The maximum Gasteiger partial charge on any atom is 0.373 e. The second-order valence-corrected chi connectivity index (χ2v) is 3.10. The molecule has 0 atom stereocenters. The predicted molar refractivity (Wildman–Crippen MR) is 57.9 cm³/mol. The lowest BCUT2D eigenvalue weighted by Crippen LogP contribution is -2.16. The van der Waals surface area contributed by atoms with Crippen molar-refractivity contribution in [1.29, 1.82) is 0 Å². The molecule has 0 saturated carbocycles. The maximum atomic E-state index is 11.0. The molecular weight excluding hydrogens is 228 g/mol. The summed E-state index contributed by atoms with van der Waals surface area (Å²) in [5.74, 6) is -3.13. The van der Waals surface area contributed by atoms with E-state index in [-0.39, 0.29) is 18.6 Å². The van der Waals surface area contributed by atoms with E-state index in [2.05, 4.69) is 16.1 Å². The van der Waals surface area contributed by atoms with Crippen LogP contribution in [0.2, 0.25) is 0 Å². The predicted octanol–water partition coefficient (Wildman–Crippen LogP) is 1.03. The Kier molecular flexibility index (Phi) is 6.32. The van der Waals surface area contributed by atoms with E-state index < -0.39 is 23.7 Å². The molecule has 1 N–H and O–H groups in total. The van der Waals surface area contributed by atoms with Crippen molar-refractivity contribution in [3.63, 3.8) is 0 Å². The molecule has 17 heavy (non-hydrogen) atoms. The lowest BCUT2D eigenvalue weighted by atomic mass is 10.3. The van der Waals surface area contributed by atoms with E-state index in [4.69, 9.17) is 5.11 Å². The zero-order valence-electron chi connectivity index (χ0n) is 9.69. The average molecular weight is 242 g/mol.